The summed E-state index contributed by atoms with van der Waals surface area (Å²) < 4.78 is 5.74. The molecule has 0 aliphatic rings. The minimum absolute atomic E-state index is 0.0863. The molecule has 0 fully saturated rings. The van der Waals surface area contributed by atoms with Gasteiger partial charge in [-0.2, -0.15) is 0 Å². The Morgan fingerprint density at radius 3 is 2.78 bits per heavy atom. The second-order valence-corrected chi connectivity index (χ2v) is 5.25. The van der Waals surface area contributed by atoms with Gasteiger partial charge in [0.1, 0.15) is 5.75 Å². The third-order valence-electron chi connectivity index (χ3n) is 2.77. The Bertz CT molecular complexity index is 529. The van der Waals surface area contributed by atoms with Gasteiger partial charge in [0.2, 0.25) is 0 Å². The van der Waals surface area contributed by atoms with Crippen molar-refractivity contribution in [1.82, 2.24) is 0 Å². The SMILES string of the molecule is CC(=O)c1ccc(OCCc2cccs2)c(C)c1. The van der Waals surface area contributed by atoms with Crippen molar-refractivity contribution in [3.05, 3.63) is 51.7 Å². The molecule has 18 heavy (non-hydrogen) atoms. The largest absolute Gasteiger partial charge is 0.493 e. The topological polar surface area (TPSA) is 26.3 Å². The van der Waals surface area contributed by atoms with Gasteiger partial charge in [-0.3, -0.25) is 4.79 Å². The first-order valence-corrected chi connectivity index (χ1v) is 6.81. The minimum Gasteiger partial charge on any atom is -0.493 e. The monoisotopic (exact) mass is 260 g/mol. The van der Waals surface area contributed by atoms with E-state index in [1.807, 2.05) is 31.2 Å². The van der Waals surface area contributed by atoms with Gasteiger partial charge in [-0.1, -0.05) is 6.07 Å². The summed E-state index contributed by atoms with van der Waals surface area (Å²) in [4.78, 5) is 12.6. The Morgan fingerprint density at radius 2 is 2.17 bits per heavy atom. The average molecular weight is 260 g/mol. The predicted molar refractivity (Wildman–Crippen MR) is 74.7 cm³/mol. The lowest BCUT2D eigenvalue weighted by Gasteiger charge is -2.09. The van der Waals surface area contributed by atoms with Gasteiger partial charge in [-0.15, -0.1) is 11.3 Å². The molecule has 0 unspecified atom stereocenters. The van der Waals surface area contributed by atoms with E-state index in [1.54, 1.807) is 18.3 Å². The van der Waals surface area contributed by atoms with Crippen LogP contribution < -0.4 is 4.74 Å². The quantitative estimate of drug-likeness (QED) is 0.763. The first-order chi connectivity index (χ1) is 8.66. The zero-order valence-electron chi connectivity index (χ0n) is 10.6. The molecule has 0 spiro atoms. The summed E-state index contributed by atoms with van der Waals surface area (Å²) >= 11 is 1.74. The Morgan fingerprint density at radius 1 is 1.33 bits per heavy atom. The van der Waals surface area contributed by atoms with E-state index in [2.05, 4.69) is 11.4 Å². The van der Waals surface area contributed by atoms with E-state index in [-0.39, 0.29) is 5.78 Å². The van der Waals surface area contributed by atoms with Crippen LogP contribution in [0.25, 0.3) is 0 Å². The fourth-order valence-electron chi connectivity index (χ4n) is 1.75. The maximum absolute atomic E-state index is 11.2. The van der Waals surface area contributed by atoms with E-state index >= 15 is 0 Å². The van der Waals surface area contributed by atoms with Crippen LogP contribution in [0.15, 0.2) is 35.7 Å². The van der Waals surface area contributed by atoms with Crippen molar-refractivity contribution in [2.45, 2.75) is 20.3 Å². The number of benzene rings is 1. The Kier molecular flexibility index (Phi) is 4.15. The zero-order valence-corrected chi connectivity index (χ0v) is 11.4. The molecule has 0 atom stereocenters. The maximum atomic E-state index is 11.2. The summed E-state index contributed by atoms with van der Waals surface area (Å²) in [6.07, 6.45) is 0.922. The summed E-state index contributed by atoms with van der Waals surface area (Å²) in [6, 6.07) is 9.73. The molecule has 0 bridgehead atoms. The molecule has 2 aromatic rings. The van der Waals surface area contributed by atoms with Crippen molar-refractivity contribution in [3.63, 3.8) is 0 Å². The van der Waals surface area contributed by atoms with Crippen molar-refractivity contribution in [1.29, 1.82) is 0 Å². The van der Waals surface area contributed by atoms with Crippen molar-refractivity contribution in [3.8, 4) is 5.75 Å². The van der Waals surface area contributed by atoms with E-state index in [0.29, 0.717) is 6.61 Å². The van der Waals surface area contributed by atoms with Crippen molar-refractivity contribution >= 4 is 17.1 Å². The normalized spacial score (nSPS) is 10.3. The Balaban J connectivity index is 1.95. The lowest BCUT2D eigenvalue weighted by atomic mass is 10.1. The molecular weight excluding hydrogens is 244 g/mol. The van der Waals surface area contributed by atoms with E-state index in [9.17, 15) is 4.79 Å². The molecule has 2 nitrogen and oxygen atoms in total. The number of carbonyl (C=O) groups excluding carboxylic acids is 1. The van der Waals surface area contributed by atoms with Crippen LogP contribution in [0, 0.1) is 6.92 Å². The fraction of sp³-hybridized carbons (Fsp3) is 0.267. The molecule has 2 rings (SSSR count). The highest BCUT2D eigenvalue weighted by Gasteiger charge is 2.04. The fourth-order valence-corrected chi connectivity index (χ4v) is 2.44. The van der Waals surface area contributed by atoms with Gasteiger partial charge < -0.3 is 4.74 Å². The number of aryl methyl sites for hydroxylation is 1. The van der Waals surface area contributed by atoms with E-state index < -0.39 is 0 Å². The summed E-state index contributed by atoms with van der Waals surface area (Å²) in [5.41, 5.74) is 1.74. The molecule has 0 radical (unpaired) electrons. The number of ketones is 1. The van der Waals surface area contributed by atoms with Crippen molar-refractivity contribution in [2.24, 2.45) is 0 Å². The standard InChI is InChI=1S/C15H16O2S/c1-11-10-13(12(2)16)5-6-15(11)17-8-7-14-4-3-9-18-14/h3-6,9-10H,7-8H2,1-2H3. The van der Waals surface area contributed by atoms with Crippen LogP contribution in [0.1, 0.15) is 27.7 Å². The molecule has 0 aliphatic carbocycles. The van der Waals surface area contributed by atoms with Gasteiger partial charge in [-0.25, -0.2) is 0 Å². The van der Waals surface area contributed by atoms with Crippen LogP contribution in [0.2, 0.25) is 0 Å². The zero-order chi connectivity index (χ0) is 13.0. The third kappa shape index (κ3) is 3.20. The first kappa shape index (κ1) is 12.8. The van der Waals surface area contributed by atoms with Gasteiger partial charge in [0.05, 0.1) is 6.61 Å². The Hall–Kier alpha value is -1.61. The number of hydrogen-bond acceptors (Lipinski definition) is 3. The van der Waals surface area contributed by atoms with E-state index in [4.69, 9.17) is 4.74 Å². The molecule has 0 amide bonds. The number of ether oxygens (including phenoxy) is 1. The van der Waals surface area contributed by atoms with E-state index in [1.165, 1.54) is 4.88 Å². The number of Topliss-reactive ketones (excluding diaryl/α,β-unsaturated/α-hetero) is 1. The van der Waals surface area contributed by atoms with Gasteiger partial charge >= 0.3 is 0 Å². The lowest BCUT2D eigenvalue weighted by Crippen LogP contribution is -2.02. The van der Waals surface area contributed by atoms with Crippen molar-refractivity contribution in [2.75, 3.05) is 6.61 Å². The third-order valence-corrected chi connectivity index (χ3v) is 3.70. The predicted octanol–water partition coefficient (Wildman–Crippen LogP) is 3.88. The van der Waals surface area contributed by atoms with Crippen LogP contribution in [0.4, 0.5) is 0 Å². The second kappa shape index (κ2) is 5.83. The summed E-state index contributed by atoms with van der Waals surface area (Å²) in [6.45, 7) is 4.21. The smallest absolute Gasteiger partial charge is 0.159 e. The minimum atomic E-state index is 0.0863. The highest BCUT2D eigenvalue weighted by atomic mass is 32.1. The number of carbonyl (C=O) groups is 1. The molecule has 0 aliphatic heterocycles. The second-order valence-electron chi connectivity index (χ2n) is 4.21. The number of thiophene rings is 1. The molecular formula is C15H16O2S. The summed E-state index contributed by atoms with van der Waals surface area (Å²) in [5.74, 6) is 0.944. The highest BCUT2D eigenvalue weighted by Crippen LogP contribution is 2.20. The van der Waals surface area contributed by atoms with Crippen LogP contribution >= 0.6 is 11.3 Å². The highest BCUT2D eigenvalue weighted by molar-refractivity contribution is 7.09. The van der Waals surface area contributed by atoms with E-state index in [0.717, 1.165) is 23.3 Å². The van der Waals surface area contributed by atoms with Gasteiger partial charge in [0, 0.05) is 16.9 Å². The molecule has 94 valence electrons. The van der Waals surface area contributed by atoms with Crippen LogP contribution in [0.3, 0.4) is 0 Å². The van der Waals surface area contributed by atoms with Crippen LogP contribution in [-0.2, 0) is 6.42 Å². The molecule has 1 aromatic heterocycles. The lowest BCUT2D eigenvalue weighted by molar-refractivity contribution is 0.101. The molecule has 3 heteroatoms. The maximum Gasteiger partial charge on any atom is 0.159 e. The molecule has 1 aromatic carbocycles. The van der Waals surface area contributed by atoms with Crippen LogP contribution in [-0.4, -0.2) is 12.4 Å². The first-order valence-electron chi connectivity index (χ1n) is 5.93. The van der Waals surface area contributed by atoms with Crippen molar-refractivity contribution < 1.29 is 9.53 Å². The average Bonchev–Trinajstić information content (AvgIpc) is 2.84. The summed E-state index contributed by atoms with van der Waals surface area (Å²) in [7, 11) is 0. The van der Waals surface area contributed by atoms with Crippen LogP contribution in [0.5, 0.6) is 5.75 Å². The summed E-state index contributed by atoms with van der Waals surface area (Å²) in [5, 5.41) is 2.07. The molecule has 0 N–H and O–H groups in total. The van der Waals surface area contributed by atoms with Gasteiger partial charge in [0.15, 0.2) is 5.78 Å². The molecule has 0 saturated heterocycles. The molecule has 0 saturated carbocycles. The molecule has 1 heterocycles. The Labute approximate surface area is 111 Å². The number of rotatable bonds is 5. The number of hydrogen-bond donors (Lipinski definition) is 0. The van der Waals surface area contributed by atoms with Gasteiger partial charge in [-0.05, 0) is 49.1 Å². The van der Waals surface area contributed by atoms with Gasteiger partial charge in [0.25, 0.3) is 0 Å².